The Morgan fingerprint density at radius 3 is 2.35 bits per heavy atom. The fourth-order valence-corrected chi connectivity index (χ4v) is 5.44. The fraction of sp³-hybridized carbons (Fsp3) is 0.286. The molecule has 0 N–H and O–H groups in total. The van der Waals surface area contributed by atoms with Crippen LogP contribution in [0.3, 0.4) is 0 Å². The van der Waals surface area contributed by atoms with Gasteiger partial charge in [-0.15, -0.1) is 10.2 Å². The first-order valence-corrected chi connectivity index (χ1v) is 12.9. The summed E-state index contributed by atoms with van der Waals surface area (Å²) in [6, 6.07) is 22.4. The maximum absolute atomic E-state index is 13.0. The number of carbonyl (C=O) groups is 1. The van der Waals surface area contributed by atoms with Crippen LogP contribution >= 0.6 is 11.8 Å². The molecule has 0 atom stereocenters. The molecule has 0 spiro atoms. The summed E-state index contributed by atoms with van der Waals surface area (Å²) in [6.45, 7) is 0.637. The molecule has 0 unspecified atom stereocenters. The highest BCUT2D eigenvalue weighted by Crippen LogP contribution is 2.33. The van der Waals surface area contributed by atoms with Crippen molar-refractivity contribution >= 4 is 17.5 Å². The van der Waals surface area contributed by atoms with Crippen molar-refractivity contribution in [1.82, 2.24) is 19.7 Å². The van der Waals surface area contributed by atoms with Crippen molar-refractivity contribution in [3.63, 3.8) is 0 Å². The Morgan fingerprint density at radius 1 is 0.882 bits per heavy atom. The van der Waals surface area contributed by atoms with Crippen LogP contribution < -0.4 is 0 Å². The van der Waals surface area contributed by atoms with Crippen molar-refractivity contribution < 1.29 is 4.79 Å². The summed E-state index contributed by atoms with van der Waals surface area (Å²) >= 11 is 1.44. The number of Topliss-reactive ketones (excluding diaryl/α,β-unsaturated/α-hetero) is 1. The maximum atomic E-state index is 13.0. The Balaban J connectivity index is 1.32. The lowest BCUT2D eigenvalue weighted by Crippen LogP contribution is -2.08. The molecule has 2 aromatic heterocycles. The van der Waals surface area contributed by atoms with Crippen molar-refractivity contribution in [3.05, 3.63) is 95.8 Å². The Bertz CT molecular complexity index is 1220. The average molecular weight is 469 g/mol. The summed E-state index contributed by atoms with van der Waals surface area (Å²) in [7, 11) is 0. The zero-order chi connectivity index (χ0) is 23.2. The van der Waals surface area contributed by atoms with Crippen LogP contribution in [-0.4, -0.2) is 31.3 Å². The highest BCUT2D eigenvalue weighted by Gasteiger charge is 2.18. The minimum atomic E-state index is 0.111. The SMILES string of the molecule is O=C(CSc1nnc(-c2ccncc2)n1Cc1ccccc1)c1ccc(C2CCCCC2)cc1. The second kappa shape index (κ2) is 10.8. The highest BCUT2D eigenvalue weighted by molar-refractivity contribution is 7.99. The lowest BCUT2D eigenvalue weighted by atomic mass is 9.84. The lowest BCUT2D eigenvalue weighted by Gasteiger charge is -2.22. The first-order chi connectivity index (χ1) is 16.8. The van der Waals surface area contributed by atoms with Crippen LogP contribution in [0.15, 0.2) is 84.3 Å². The van der Waals surface area contributed by atoms with E-state index in [1.807, 2.05) is 42.5 Å². The van der Waals surface area contributed by atoms with Crippen LogP contribution in [0.5, 0.6) is 0 Å². The fourth-order valence-electron chi connectivity index (χ4n) is 4.61. The van der Waals surface area contributed by atoms with E-state index in [4.69, 9.17) is 0 Å². The van der Waals surface area contributed by atoms with Crippen LogP contribution in [-0.2, 0) is 6.54 Å². The van der Waals surface area contributed by atoms with E-state index < -0.39 is 0 Å². The average Bonchev–Trinajstić information content (AvgIpc) is 3.31. The number of rotatable bonds is 8. The standard InChI is InChI=1S/C28H28N4OS/c33-26(24-13-11-23(12-14-24)22-9-5-2-6-10-22)20-34-28-31-30-27(25-15-17-29-18-16-25)32(28)19-21-7-3-1-4-8-21/h1,3-4,7-8,11-18,22H,2,5-6,9-10,19-20H2. The largest absolute Gasteiger partial charge is 0.298 e. The summed E-state index contributed by atoms with van der Waals surface area (Å²) in [5, 5.41) is 9.62. The van der Waals surface area contributed by atoms with Gasteiger partial charge in [0.05, 0.1) is 12.3 Å². The van der Waals surface area contributed by atoms with Gasteiger partial charge in [-0.2, -0.15) is 0 Å². The third-order valence-electron chi connectivity index (χ3n) is 6.48. The van der Waals surface area contributed by atoms with E-state index in [2.05, 4.69) is 44.0 Å². The summed E-state index contributed by atoms with van der Waals surface area (Å²) < 4.78 is 2.08. The van der Waals surface area contributed by atoms with Gasteiger partial charge in [0.25, 0.3) is 0 Å². The smallest absolute Gasteiger partial charge is 0.192 e. The van der Waals surface area contributed by atoms with Gasteiger partial charge >= 0.3 is 0 Å². The summed E-state index contributed by atoms with van der Waals surface area (Å²) in [6.07, 6.45) is 10.0. The molecular weight excluding hydrogens is 440 g/mol. The van der Waals surface area contributed by atoms with Crippen LogP contribution in [0.2, 0.25) is 0 Å². The van der Waals surface area contributed by atoms with Gasteiger partial charge in [-0.3, -0.25) is 14.3 Å². The summed E-state index contributed by atoms with van der Waals surface area (Å²) in [4.78, 5) is 17.1. The van der Waals surface area contributed by atoms with E-state index in [0.717, 1.165) is 27.7 Å². The lowest BCUT2D eigenvalue weighted by molar-refractivity contribution is 0.102. The molecule has 0 aliphatic heterocycles. The number of benzene rings is 2. The first kappa shape index (κ1) is 22.5. The predicted octanol–water partition coefficient (Wildman–Crippen LogP) is 6.41. The molecule has 1 saturated carbocycles. The molecule has 6 heteroatoms. The molecule has 4 aromatic rings. The van der Waals surface area contributed by atoms with Crippen molar-refractivity contribution in [1.29, 1.82) is 0 Å². The Labute approximate surface area is 204 Å². The number of aromatic nitrogens is 4. The second-order valence-corrected chi connectivity index (χ2v) is 9.73. The molecule has 0 radical (unpaired) electrons. The third-order valence-corrected chi connectivity index (χ3v) is 7.45. The van der Waals surface area contributed by atoms with E-state index in [0.29, 0.717) is 18.2 Å². The van der Waals surface area contributed by atoms with Crippen molar-refractivity contribution in [2.75, 3.05) is 5.75 Å². The normalized spacial score (nSPS) is 14.2. The van der Waals surface area contributed by atoms with E-state index in [9.17, 15) is 4.79 Å². The highest BCUT2D eigenvalue weighted by atomic mass is 32.2. The number of ketones is 1. The second-order valence-electron chi connectivity index (χ2n) is 8.78. The molecule has 172 valence electrons. The molecule has 0 amide bonds. The predicted molar refractivity (Wildman–Crippen MR) is 136 cm³/mol. The molecule has 34 heavy (non-hydrogen) atoms. The topological polar surface area (TPSA) is 60.7 Å². The third kappa shape index (κ3) is 5.28. The van der Waals surface area contributed by atoms with Gasteiger partial charge in [0.15, 0.2) is 16.8 Å². The summed E-state index contributed by atoms with van der Waals surface area (Å²) in [5.41, 5.74) is 4.24. The van der Waals surface area contributed by atoms with Gasteiger partial charge < -0.3 is 0 Å². The number of nitrogens with zero attached hydrogens (tertiary/aromatic N) is 4. The molecule has 2 aromatic carbocycles. The quantitative estimate of drug-likeness (QED) is 0.221. The molecule has 0 bridgehead atoms. The molecule has 5 rings (SSSR count). The van der Waals surface area contributed by atoms with Crippen LogP contribution in [0, 0.1) is 0 Å². The van der Waals surface area contributed by atoms with E-state index in [-0.39, 0.29) is 5.78 Å². The van der Waals surface area contributed by atoms with Gasteiger partial charge in [0, 0.05) is 23.5 Å². The Hall–Kier alpha value is -3.25. The van der Waals surface area contributed by atoms with E-state index >= 15 is 0 Å². The van der Waals surface area contributed by atoms with Crippen molar-refractivity contribution in [2.45, 2.75) is 49.7 Å². The zero-order valence-electron chi connectivity index (χ0n) is 19.1. The maximum Gasteiger partial charge on any atom is 0.192 e. The molecule has 0 saturated heterocycles. The molecule has 1 aliphatic rings. The molecule has 1 fully saturated rings. The first-order valence-electron chi connectivity index (χ1n) is 11.9. The molecular formula is C28H28N4OS. The number of hydrogen-bond acceptors (Lipinski definition) is 5. The number of hydrogen-bond donors (Lipinski definition) is 0. The van der Waals surface area contributed by atoms with Gasteiger partial charge in [0.2, 0.25) is 0 Å². The van der Waals surface area contributed by atoms with Gasteiger partial charge in [-0.25, -0.2) is 0 Å². The van der Waals surface area contributed by atoms with Crippen LogP contribution in [0.25, 0.3) is 11.4 Å². The van der Waals surface area contributed by atoms with Gasteiger partial charge in [-0.05, 0) is 42.0 Å². The number of thioether (sulfide) groups is 1. The Kier molecular flexibility index (Phi) is 7.15. The van der Waals surface area contributed by atoms with E-state index in [1.165, 1.54) is 49.4 Å². The minimum Gasteiger partial charge on any atom is -0.298 e. The minimum absolute atomic E-state index is 0.111. The molecule has 2 heterocycles. The number of pyridine rings is 1. The van der Waals surface area contributed by atoms with Crippen molar-refractivity contribution in [2.24, 2.45) is 0 Å². The molecule has 1 aliphatic carbocycles. The monoisotopic (exact) mass is 468 g/mol. The Morgan fingerprint density at radius 2 is 1.62 bits per heavy atom. The molecule has 5 nitrogen and oxygen atoms in total. The van der Waals surface area contributed by atoms with E-state index in [1.54, 1.807) is 12.4 Å². The number of carbonyl (C=O) groups excluding carboxylic acids is 1. The zero-order valence-corrected chi connectivity index (χ0v) is 20.0. The van der Waals surface area contributed by atoms with Crippen molar-refractivity contribution in [3.8, 4) is 11.4 Å². The summed E-state index contributed by atoms with van der Waals surface area (Å²) in [5.74, 6) is 1.86. The van der Waals surface area contributed by atoms with Gasteiger partial charge in [-0.1, -0.05) is 85.6 Å². The van der Waals surface area contributed by atoms with Crippen LogP contribution in [0.4, 0.5) is 0 Å². The van der Waals surface area contributed by atoms with Crippen LogP contribution in [0.1, 0.15) is 59.5 Å². The van der Waals surface area contributed by atoms with Gasteiger partial charge in [0.1, 0.15) is 0 Å².